The van der Waals surface area contributed by atoms with Gasteiger partial charge in [0.2, 0.25) is 5.76 Å². The Morgan fingerprint density at radius 1 is 1.50 bits per heavy atom. The van der Waals surface area contributed by atoms with E-state index >= 15 is 0 Å². The summed E-state index contributed by atoms with van der Waals surface area (Å²) in [5, 5.41) is 28.0. The number of hydrogen-bond donors (Lipinski definition) is 1. The lowest BCUT2D eigenvalue weighted by Crippen LogP contribution is -2.48. The number of ether oxygens (including phenoxy) is 1. The van der Waals surface area contributed by atoms with Crippen LogP contribution in [0.1, 0.15) is 13.8 Å². The summed E-state index contributed by atoms with van der Waals surface area (Å²) >= 11 is 0. The number of nitriles is 2. The second-order valence-corrected chi connectivity index (χ2v) is 4.25. The maximum atomic E-state index is 11.1. The molecular weight excluding hydrogens is 266 g/mol. The number of allylic oxidation sites excluding steroid dienone is 1. The summed E-state index contributed by atoms with van der Waals surface area (Å²) in [6, 6.07) is 2.70. The minimum atomic E-state index is -1.34. The molecule has 1 heterocycles. The fraction of sp³-hybridized carbons (Fsp3) is 0.417. The van der Waals surface area contributed by atoms with Crippen molar-refractivity contribution < 1.29 is 24.5 Å². The highest BCUT2D eigenvalue weighted by Crippen LogP contribution is 2.33. The fourth-order valence-electron chi connectivity index (χ4n) is 1.55. The lowest BCUT2D eigenvalue weighted by atomic mass is 10.1. The zero-order valence-corrected chi connectivity index (χ0v) is 11.2. The Labute approximate surface area is 115 Å². The molecule has 1 aliphatic heterocycles. The van der Waals surface area contributed by atoms with Crippen LogP contribution in [0.4, 0.5) is 0 Å². The molecule has 0 aromatic carbocycles. The van der Waals surface area contributed by atoms with Crippen molar-refractivity contribution in [3.05, 3.63) is 23.5 Å². The Balaban J connectivity index is 3.18. The molecule has 0 saturated carbocycles. The van der Waals surface area contributed by atoms with E-state index in [2.05, 4.69) is 9.62 Å². The normalized spacial score (nSPS) is 19.6. The molecule has 1 aliphatic rings. The Morgan fingerprint density at radius 2 is 2.15 bits per heavy atom. The molecule has 1 atom stereocenters. The molecule has 0 saturated heterocycles. The van der Waals surface area contributed by atoms with Crippen LogP contribution in [0.5, 0.6) is 0 Å². The van der Waals surface area contributed by atoms with Crippen molar-refractivity contribution in [3.8, 4) is 12.1 Å². The van der Waals surface area contributed by atoms with E-state index in [0.717, 1.165) is 11.1 Å². The zero-order chi connectivity index (χ0) is 15.3. The first-order valence-electron chi connectivity index (χ1n) is 5.51. The van der Waals surface area contributed by atoms with E-state index in [1.54, 1.807) is 6.07 Å². The molecule has 106 valence electrons. The van der Waals surface area contributed by atoms with Gasteiger partial charge < -0.3 is 9.57 Å². The third-order valence-corrected chi connectivity index (χ3v) is 2.57. The number of hydrogen-bond acceptors (Lipinski definition) is 8. The van der Waals surface area contributed by atoms with Crippen molar-refractivity contribution in [1.29, 1.82) is 10.5 Å². The summed E-state index contributed by atoms with van der Waals surface area (Å²) in [7, 11) is 1.21. The predicted octanol–water partition coefficient (Wildman–Crippen LogP) is 0.858. The predicted molar refractivity (Wildman–Crippen MR) is 63.9 cm³/mol. The summed E-state index contributed by atoms with van der Waals surface area (Å²) in [5.74, 6) is -0.854. The van der Waals surface area contributed by atoms with Crippen molar-refractivity contribution in [2.24, 2.45) is 0 Å². The van der Waals surface area contributed by atoms with Gasteiger partial charge in [0.05, 0.1) is 7.11 Å². The number of carbonyl (C=O) groups excluding carboxylic acids is 1. The van der Waals surface area contributed by atoms with Crippen LogP contribution in [-0.4, -0.2) is 35.2 Å². The first kappa shape index (κ1) is 15.7. The van der Waals surface area contributed by atoms with Gasteiger partial charge >= 0.3 is 5.97 Å². The molecule has 1 unspecified atom stereocenters. The number of nitrogens with zero attached hydrogens (tertiary/aromatic N) is 3. The van der Waals surface area contributed by atoms with Crippen LogP contribution < -0.4 is 0 Å². The number of esters is 1. The van der Waals surface area contributed by atoms with Crippen LogP contribution in [0.2, 0.25) is 0 Å². The fourth-order valence-corrected chi connectivity index (χ4v) is 1.55. The van der Waals surface area contributed by atoms with Crippen molar-refractivity contribution in [1.82, 2.24) is 5.06 Å². The maximum Gasteiger partial charge on any atom is 0.330 e. The van der Waals surface area contributed by atoms with Crippen LogP contribution in [0.15, 0.2) is 23.5 Å². The van der Waals surface area contributed by atoms with Gasteiger partial charge in [-0.3, -0.25) is 0 Å². The highest BCUT2D eigenvalue weighted by atomic mass is 17.1. The monoisotopic (exact) mass is 279 g/mol. The standard InChI is InChI=1S/C12H13N3O5/c1-12(2,20-17)15-9(4-5-11(16)18-3)8(6-13)10(7-14)19-15/h4-5,9,17H,1-3H3/b5-4+. The first-order chi connectivity index (χ1) is 9.41. The largest absolute Gasteiger partial charge is 0.466 e. The molecule has 1 rings (SSSR count). The van der Waals surface area contributed by atoms with Crippen molar-refractivity contribution in [2.45, 2.75) is 25.6 Å². The second kappa shape index (κ2) is 6.17. The number of carbonyl (C=O) groups is 1. The van der Waals surface area contributed by atoms with Gasteiger partial charge in [0.1, 0.15) is 23.8 Å². The van der Waals surface area contributed by atoms with E-state index in [9.17, 15) is 4.79 Å². The van der Waals surface area contributed by atoms with E-state index < -0.39 is 17.7 Å². The molecule has 0 bridgehead atoms. The molecule has 0 radical (unpaired) electrons. The van der Waals surface area contributed by atoms with E-state index in [4.69, 9.17) is 20.6 Å². The van der Waals surface area contributed by atoms with Crippen LogP contribution in [0.3, 0.4) is 0 Å². The van der Waals surface area contributed by atoms with Crippen molar-refractivity contribution in [2.75, 3.05) is 7.11 Å². The smallest absolute Gasteiger partial charge is 0.330 e. The van der Waals surface area contributed by atoms with Gasteiger partial charge in [0.25, 0.3) is 0 Å². The van der Waals surface area contributed by atoms with Crippen LogP contribution >= 0.6 is 0 Å². The average molecular weight is 279 g/mol. The summed E-state index contributed by atoms with van der Waals surface area (Å²) in [6.45, 7) is 2.92. The van der Waals surface area contributed by atoms with Crippen molar-refractivity contribution in [3.63, 3.8) is 0 Å². The van der Waals surface area contributed by atoms with E-state index in [-0.39, 0.29) is 11.3 Å². The summed E-state index contributed by atoms with van der Waals surface area (Å²) in [6.07, 6.45) is 2.40. The molecule has 8 nitrogen and oxygen atoms in total. The van der Waals surface area contributed by atoms with Gasteiger partial charge in [-0.25, -0.2) is 14.9 Å². The van der Waals surface area contributed by atoms with Gasteiger partial charge in [-0.15, -0.1) is 0 Å². The Morgan fingerprint density at radius 3 is 2.60 bits per heavy atom. The SMILES string of the molecule is COC(=O)/C=C/C1C(C#N)=C(C#N)ON1C(C)(C)OO. The van der Waals surface area contributed by atoms with Crippen LogP contribution in [-0.2, 0) is 19.3 Å². The molecule has 0 fully saturated rings. The molecule has 0 spiro atoms. The Bertz CT molecular complexity index is 538. The quantitative estimate of drug-likeness (QED) is 0.348. The van der Waals surface area contributed by atoms with E-state index in [1.807, 2.05) is 6.07 Å². The average Bonchev–Trinajstić information content (AvgIpc) is 2.82. The highest BCUT2D eigenvalue weighted by Gasteiger charge is 2.44. The van der Waals surface area contributed by atoms with Gasteiger partial charge in [-0.05, 0) is 13.8 Å². The van der Waals surface area contributed by atoms with Crippen molar-refractivity contribution >= 4 is 5.97 Å². The van der Waals surface area contributed by atoms with Crippen LogP contribution in [0.25, 0.3) is 0 Å². The topological polar surface area (TPSA) is 116 Å². The number of rotatable bonds is 4. The maximum absolute atomic E-state index is 11.1. The minimum Gasteiger partial charge on any atom is -0.466 e. The van der Waals surface area contributed by atoms with Gasteiger partial charge in [-0.2, -0.15) is 10.5 Å². The molecule has 20 heavy (non-hydrogen) atoms. The molecule has 0 aromatic rings. The second-order valence-electron chi connectivity index (χ2n) is 4.25. The number of hydroxylamine groups is 2. The lowest BCUT2D eigenvalue weighted by molar-refractivity contribution is -0.400. The summed E-state index contributed by atoms with van der Waals surface area (Å²) in [5.41, 5.74) is -1.34. The number of methoxy groups -OCH3 is 1. The van der Waals surface area contributed by atoms with E-state index in [0.29, 0.717) is 0 Å². The van der Waals surface area contributed by atoms with Gasteiger partial charge in [0, 0.05) is 6.08 Å². The molecule has 0 aliphatic carbocycles. The summed E-state index contributed by atoms with van der Waals surface area (Å²) in [4.78, 5) is 20.6. The minimum absolute atomic E-state index is 0.00206. The van der Waals surface area contributed by atoms with E-state index in [1.165, 1.54) is 27.0 Å². The lowest BCUT2D eigenvalue weighted by Gasteiger charge is -2.33. The molecule has 1 N–H and O–H groups in total. The third-order valence-electron chi connectivity index (χ3n) is 2.57. The summed E-state index contributed by atoms with van der Waals surface area (Å²) < 4.78 is 4.45. The third kappa shape index (κ3) is 2.95. The highest BCUT2D eigenvalue weighted by molar-refractivity contribution is 5.82. The molecule has 0 amide bonds. The Kier molecular flexibility index (Phi) is 4.83. The zero-order valence-electron chi connectivity index (χ0n) is 11.2. The Hall–Kier alpha value is -2.39. The van der Waals surface area contributed by atoms with Gasteiger partial charge in [-0.1, -0.05) is 11.1 Å². The molecule has 8 heteroatoms. The van der Waals surface area contributed by atoms with Gasteiger partial charge in [0.15, 0.2) is 5.72 Å². The molecule has 0 aromatic heterocycles. The molecular formula is C12H13N3O5. The first-order valence-corrected chi connectivity index (χ1v) is 5.51. The van der Waals surface area contributed by atoms with Crippen LogP contribution in [0, 0.1) is 22.7 Å².